The van der Waals surface area contributed by atoms with Crippen molar-refractivity contribution in [1.29, 1.82) is 0 Å². The molecule has 29 heavy (non-hydrogen) atoms. The number of piperidine rings is 1. The summed E-state index contributed by atoms with van der Waals surface area (Å²) in [5.41, 5.74) is 2.31. The zero-order valence-electron chi connectivity index (χ0n) is 17.0. The van der Waals surface area contributed by atoms with Gasteiger partial charge in [-0.25, -0.2) is 5.48 Å². The Morgan fingerprint density at radius 2 is 1.90 bits per heavy atom. The molecule has 1 aromatic carbocycles. The zero-order chi connectivity index (χ0) is 21.4. The molecule has 1 heterocycles. The van der Waals surface area contributed by atoms with Crippen molar-refractivity contribution >= 4 is 29.3 Å². The third-order valence-electron chi connectivity index (χ3n) is 5.42. The third-order valence-corrected chi connectivity index (χ3v) is 5.67. The molecule has 160 valence electrons. The summed E-state index contributed by atoms with van der Waals surface area (Å²) < 4.78 is 0. The van der Waals surface area contributed by atoms with Gasteiger partial charge in [0.15, 0.2) is 0 Å². The van der Waals surface area contributed by atoms with Gasteiger partial charge < -0.3 is 10.2 Å². The number of nitrogens with zero attached hydrogens (tertiary/aromatic N) is 1. The Balaban J connectivity index is 2.39. The van der Waals surface area contributed by atoms with Crippen molar-refractivity contribution in [3.05, 3.63) is 34.9 Å². The summed E-state index contributed by atoms with van der Waals surface area (Å²) in [5.74, 6) is -2.64. The molecule has 2 rings (SSSR count). The van der Waals surface area contributed by atoms with Gasteiger partial charge in [0.05, 0.1) is 11.8 Å². The molecule has 8 heteroatoms. The lowest BCUT2D eigenvalue weighted by molar-refractivity contribution is -0.147. The highest BCUT2D eigenvalue weighted by molar-refractivity contribution is 6.30. The van der Waals surface area contributed by atoms with Crippen LogP contribution in [-0.4, -0.2) is 47.0 Å². The number of amides is 3. The summed E-state index contributed by atoms with van der Waals surface area (Å²) >= 11 is 5.99. The Hall–Kier alpha value is -2.12. The first-order valence-electron chi connectivity index (χ1n) is 10.2. The second-order valence-electron chi connectivity index (χ2n) is 7.35. The SMILES string of the molecule is CCCNC(=O)C1CCCCN1C(=O)C(c1ccc(Cl)cc1)C(CC)C(=O)NO. The molecule has 3 atom stereocenters. The van der Waals surface area contributed by atoms with E-state index in [1.54, 1.807) is 41.6 Å². The molecular formula is C21H30ClN3O4. The molecule has 1 aliphatic heterocycles. The number of rotatable bonds is 8. The van der Waals surface area contributed by atoms with E-state index in [0.717, 1.165) is 19.3 Å². The van der Waals surface area contributed by atoms with Gasteiger partial charge in [-0.1, -0.05) is 37.6 Å². The molecule has 7 nitrogen and oxygen atoms in total. The van der Waals surface area contributed by atoms with Crippen molar-refractivity contribution < 1.29 is 19.6 Å². The van der Waals surface area contributed by atoms with E-state index in [9.17, 15) is 19.6 Å². The lowest BCUT2D eigenvalue weighted by Gasteiger charge is -2.38. The number of hydroxylamine groups is 1. The number of benzene rings is 1. The standard InChI is InChI=1S/C21H30ClN3O4/c1-3-12-23-20(27)17-7-5-6-13-25(17)21(28)18(16(4-2)19(26)24-29)14-8-10-15(22)11-9-14/h8-11,16-18,29H,3-7,12-13H2,1-2H3,(H,23,27)(H,24,26). The number of nitrogens with one attached hydrogen (secondary N) is 2. The van der Waals surface area contributed by atoms with Crippen LogP contribution in [0.4, 0.5) is 0 Å². The largest absolute Gasteiger partial charge is 0.354 e. The number of carbonyl (C=O) groups is 3. The van der Waals surface area contributed by atoms with Crippen molar-refractivity contribution in [2.75, 3.05) is 13.1 Å². The van der Waals surface area contributed by atoms with Crippen LogP contribution >= 0.6 is 11.6 Å². The summed E-state index contributed by atoms with van der Waals surface area (Å²) in [4.78, 5) is 40.2. The van der Waals surface area contributed by atoms with Gasteiger partial charge in [0.25, 0.3) is 0 Å². The normalized spacial score (nSPS) is 18.6. The maximum absolute atomic E-state index is 13.6. The number of halogens is 1. The first-order chi connectivity index (χ1) is 13.9. The van der Waals surface area contributed by atoms with E-state index < -0.39 is 23.8 Å². The summed E-state index contributed by atoms with van der Waals surface area (Å²) in [7, 11) is 0. The molecule has 0 spiro atoms. The summed E-state index contributed by atoms with van der Waals surface area (Å²) in [6.45, 7) is 4.78. The molecule has 3 amide bonds. The quantitative estimate of drug-likeness (QED) is 0.442. The average molecular weight is 424 g/mol. The summed E-state index contributed by atoms with van der Waals surface area (Å²) in [6, 6.07) is 6.22. The predicted octanol–water partition coefficient (Wildman–Crippen LogP) is 2.86. The third kappa shape index (κ3) is 5.70. The van der Waals surface area contributed by atoms with Crippen molar-refractivity contribution in [1.82, 2.24) is 15.7 Å². The van der Waals surface area contributed by atoms with Crippen LogP contribution in [0.2, 0.25) is 5.02 Å². The second-order valence-corrected chi connectivity index (χ2v) is 7.79. The Kier molecular flexibility index (Phi) is 8.92. The maximum atomic E-state index is 13.6. The van der Waals surface area contributed by atoms with Gasteiger partial charge in [-0.05, 0) is 49.8 Å². The monoisotopic (exact) mass is 423 g/mol. The number of likely N-dealkylation sites (tertiary alicyclic amines) is 1. The van der Waals surface area contributed by atoms with Gasteiger partial charge in [-0.3, -0.25) is 19.6 Å². The van der Waals surface area contributed by atoms with E-state index >= 15 is 0 Å². The van der Waals surface area contributed by atoms with E-state index in [1.807, 2.05) is 6.92 Å². The summed E-state index contributed by atoms with van der Waals surface area (Å²) in [6.07, 6.45) is 3.44. The van der Waals surface area contributed by atoms with Crippen LogP contribution in [-0.2, 0) is 14.4 Å². The number of hydrogen-bond acceptors (Lipinski definition) is 4. The molecule has 3 unspecified atom stereocenters. The van der Waals surface area contributed by atoms with Gasteiger partial charge >= 0.3 is 0 Å². The molecule has 0 radical (unpaired) electrons. The van der Waals surface area contributed by atoms with E-state index in [1.165, 1.54) is 0 Å². The molecule has 0 aromatic heterocycles. The second kappa shape index (κ2) is 11.2. The van der Waals surface area contributed by atoms with Gasteiger partial charge in [0.2, 0.25) is 17.7 Å². The molecule has 1 saturated heterocycles. The minimum Gasteiger partial charge on any atom is -0.354 e. The molecule has 0 aliphatic carbocycles. The first-order valence-corrected chi connectivity index (χ1v) is 10.6. The van der Waals surface area contributed by atoms with Crippen molar-refractivity contribution in [2.24, 2.45) is 5.92 Å². The summed E-state index contributed by atoms with van der Waals surface area (Å²) in [5, 5.41) is 12.6. The van der Waals surface area contributed by atoms with Crippen LogP contribution in [0.15, 0.2) is 24.3 Å². The van der Waals surface area contributed by atoms with Crippen LogP contribution in [0.25, 0.3) is 0 Å². The lowest BCUT2D eigenvalue weighted by Crippen LogP contribution is -2.54. The smallest absolute Gasteiger partial charge is 0.247 e. The fourth-order valence-electron chi connectivity index (χ4n) is 3.89. The average Bonchev–Trinajstić information content (AvgIpc) is 2.75. The highest BCUT2D eigenvalue weighted by Crippen LogP contribution is 2.33. The van der Waals surface area contributed by atoms with Gasteiger partial charge in [-0.15, -0.1) is 0 Å². The molecule has 0 saturated carbocycles. The first kappa shape index (κ1) is 23.2. The fraction of sp³-hybridized carbons (Fsp3) is 0.571. The van der Waals surface area contributed by atoms with Crippen molar-refractivity contribution in [2.45, 2.75) is 57.9 Å². The lowest BCUT2D eigenvalue weighted by atomic mass is 9.81. The van der Waals surface area contributed by atoms with Crippen molar-refractivity contribution in [3.8, 4) is 0 Å². The van der Waals surface area contributed by atoms with E-state index in [0.29, 0.717) is 36.5 Å². The van der Waals surface area contributed by atoms with Gasteiger partial charge in [0.1, 0.15) is 6.04 Å². The number of carbonyl (C=O) groups excluding carboxylic acids is 3. The molecule has 1 fully saturated rings. The van der Waals surface area contributed by atoms with E-state index in [4.69, 9.17) is 11.6 Å². The van der Waals surface area contributed by atoms with Crippen LogP contribution in [0, 0.1) is 5.92 Å². The Morgan fingerprint density at radius 3 is 2.48 bits per heavy atom. The van der Waals surface area contributed by atoms with E-state index in [-0.39, 0.29) is 11.8 Å². The van der Waals surface area contributed by atoms with Gasteiger partial charge in [-0.2, -0.15) is 0 Å². The van der Waals surface area contributed by atoms with E-state index in [2.05, 4.69) is 5.32 Å². The highest BCUT2D eigenvalue weighted by atomic mass is 35.5. The molecule has 3 N–H and O–H groups in total. The minimum atomic E-state index is -0.816. The molecule has 0 bridgehead atoms. The zero-order valence-corrected chi connectivity index (χ0v) is 17.7. The number of hydrogen-bond donors (Lipinski definition) is 3. The van der Waals surface area contributed by atoms with Crippen LogP contribution < -0.4 is 10.8 Å². The molecule has 1 aromatic rings. The fourth-order valence-corrected chi connectivity index (χ4v) is 4.01. The maximum Gasteiger partial charge on any atom is 0.247 e. The highest BCUT2D eigenvalue weighted by Gasteiger charge is 2.40. The molecular weight excluding hydrogens is 394 g/mol. The van der Waals surface area contributed by atoms with Crippen LogP contribution in [0.5, 0.6) is 0 Å². The van der Waals surface area contributed by atoms with Gasteiger partial charge in [0, 0.05) is 18.1 Å². The Morgan fingerprint density at radius 1 is 1.21 bits per heavy atom. The Bertz CT molecular complexity index is 710. The minimum absolute atomic E-state index is 0.158. The Labute approximate surface area is 176 Å². The van der Waals surface area contributed by atoms with Crippen LogP contribution in [0.1, 0.15) is 57.4 Å². The molecule has 1 aliphatic rings. The predicted molar refractivity (Wildman–Crippen MR) is 111 cm³/mol. The van der Waals surface area contributed by atoms with Crippen LogP contribution in [0.3, 0.4) is 0 Å². The topological polar surface area (TPSA) is 98.7 Å². The van der Waals surface area contributed by atoms with Crippen molar-refractivity contribution in [3.63, 3.8) is 0 Å².